The van der Waals surface area contributed by atoms with Gasteiger partial charge in [-0.15, -0.1) is 17.9 Å². The van der Waals surface area contributed by atoms with E-state index in [2.05, 4.69) is 6.58 Å². The topological polar surface area (TPSA) is 54.5 Å². The number of carbonyl (C=O) groups excluding carboxylic acids is 1. The molecule has 0 bridgehead atoms. The van der Waals surface area contributed by atoms with E-state index in [0.717, 1.165) is 11.3 Å². The highest BCUT2D eigenvalue weighted by atomic mass is 32.2. The van der Waals surface area contributed by atoms with E-state index in [0.29, 0.717) is 25.9 Å². The molecule has 1 aromatic rings. The quantitative estimate of drug-likeness (QED) is 0.775. The molecule has 1 saturated carbocycles. The van der Waals surface area contributed by atoms with Crippen LogP contribution in [0.1, 0.15) is 24.1 Å². The van der Waals surface area contributed by atoms with E-state index in [9.17, 15) is 13.2 Å². The largest absolute Gasteiger partial charge is 0.334 e. The van der Waals surface area contributed by atoms with Gasteiger partial charge in [0.25, 0.3) is 0 Å². The summed E-state index contributed by atoms with van der Waals surface area (Å²) in [6, 6.07) is 4.02. The maximum atomic E-state index is 12.8. The van der Waals surface area contributed by atoms with Crippen molar-refractivity contribution in [1.82, 2.24) is 4.90 Å². The van der Waals surface area contributed by atoms with Crippen LogP contribution in [0.15, 0.2) is 30.2 Å². The molecule has 1 saturated heterocycles. The summed E-state index contributed by atoms with van der Waals surface area (Å²) in [4.78, 5) is 15.8. The molecule has 0 unspecified atom stereocenters. The zero-order valence-corrected chi connectivity index (χ0v) is 14.2. The summed E-state index contributed by atoms with van der Waals surface area (Å²) in [5.74, 6) is 0.641. The van der Waals surface area contributed by atoms with Crippen LogP contribution in [-0.2, 0) is 21.2 Å². The fourth-order valence-corrected chi connectivity index (χ4v) is 5.75. The third-order valence-corrected chi connectivity index (χ3v) is 7.41. The Morgan fingerprint density at radius 1 is 1.45 bits per heavy atom. The average Bonchev–Trinajstić information content (AvgIpc) is 2.94. The first kappa shape index (κ1) is 15.7. The van der Waals surface area contributed by atoms with E-state index >= 15 is 0 Å². The summed E-state index contributed by atoms with van der Waals surface area (Å²) in [7, 11) is -2.87. The lowest BCUT2D eigenvalue weighted by atomic mass is 9.96. The number of amides is 1. The Labute approximate surface area is 135 Å². The maximum Gasteiger partial charge on any atom is 0.226 e. The van der Waals surface area contributed by atoms with Gasteiger partial charge in [-0.3, -0.25) is 4.79 Å². The molecule has 1 spiro atoms. The number of carbonyl (C=O) groups is 1. The Balaban J connectivity index is 1.66. The van der Waals surface area contributed by atoms with Crippen molar-refractivity contribution in [2.24, 2.45) is 11.3 Å². The summed E-state index contributed by atoms with van der Waals surface area (Å²) in [5, 5.41) is 2.01. The minimum atomic E-state index is -2.87. The highest BCUT2D eigenvalue weighted by Crippen LogP contribution is 2.60. The van der Waals surface area contributed by atoms with Gasteiger partial charge in [-0.05, 0) is 36.1 Å². The Morgan fingerprint density at radius 2 is 2.18 bits per heavy atom. The molecule has 1 atom stereocenters. The second-order valence-electron chi connectivity index (χ2n) is 6.36. The molecule has 1 aliphatic heterocycles. The third-order valence-electron chi connectivity index (χ3n) is 4.90. The Kier molecular flexibility index (Phi) is 4.16. The van der Waals surface area contributed by atoms with E-state index in [4.69, 9.17) is 0 Å². The van der Waals surface area contributed by atoms with Gasteiger partial charge in [0.1, 0.15) is 9.84 Å². The van der Waals surface area contributed by atoms with Crippen LogP contribution in [0.2, 0.25) is 0 Å². The maximum absolute atomic E-state index is 12.8. The van der Waals surface area contributed by atoms with Crippen molar-refractivity contribution in [1.29, 1.82) is 0 Å². The lowest BCUT2D eigenvalue weighted by molar-refractivity contribution is -0.133. The van der Waals surface area contributed by atoms with Crippen LogP contribution in [-0.4, -0.2) is 37.3 Å². The third kappa shape index (κ3) is 3.13. The number of hydrogen-bond donors (Lipinski definition) is 0. The molecule has 3 rings (SSSR count). The SMILES string of the molecule is C=CCN(Cc1cccs1)C(=O)[C@@H]1CC12CCS(=O)(=O)CC2. The number of hydrogen-bond acceptors (Lipinski definition) is 4. The molecule has 4 nitrogen and oxygen atoms in total. The second kappa shape index (κ2) is 5.81. The first-order chi connectivity index (χ1) is 10.5. The van der Waals surface area contributed by atoms with Gasteiger partial charge in [0, 0.05) is 17.3 Å². The molecule has 1 amide bonds. The summed E-state index contributed by atoms with van der Waals surface area (Å²) >= 11 is 1.65. The molecule has 0 radical (unpaired) electrons. The molecule has 6 heteroatoms. The van der Waals surface area contributed by atoms with Crippen LogP contribution >= 0.6 is 11.3 Å². The Morgan fingerprint density at radius 3 is 2.77 bits per heavy atom. The average molecular weight is 339 g/mol. The number of nitrogens with zero attached hydrogens (tertiary/aromatic N) is 1. The Hall–Kier alpha value is -1.14. The molecule has 2 aliphatic rings. The highest BCUT2D eigenvalue weighted by Gasteiger charge is 2.60. The first-order valence-corrected chi connectivity index (χ1v) is 10.3. The van der Waals surface area contributed by atoms with E-state index < -0.39 is 9.84 Å². The molecule has 0 N–H and O–H groups in total. The van der Waals surface area contributed by atoms with Crippen LogP contribution < -0.4 is 0 Å². The van der Waals surface area contributed by atoms with Crippen molar-refractivity contribution in [2.45, 2.75) is 25.8 Å². The molecular weight excluding hydrogens is 318 g/mol. The first-order valence-electron chi connectivity index (χ1n) is 7.58. The fourth-order valence-electron chi connectivity index (χ4n) is 3.39. The van der Waals surface area contributed by atoms with Crippen molar-refractivity contribution < 1.29 is 13.2 Å². The van der Waals surface area contributed by atoms with Crippen molar-refractivity contribution in [3.63, 3.8) is 0 Å². The van der Waals surface area contributed by atoms with Gasteiger partial charge in [-0.1, -0.05) is 12.1 Å². The van der Waals surface area contributed by atoms with Gasteiger partial charge in [-0.2, -0.15) is 0 Å². The van der Waals surface area contributed by atoms with Gasteiger partial charge in [0.15, 0.2) is 0 Å². The van der Waals surface area contributed by atoms with Gasteiger partial charge in [-0.25, -0.2) is 8.42 Å². The second-order valence-corrected chi connectivity index (χ2v) is 9.69. The molecule has 2 heterocycles. The zero-order chi connectivity index (χ0) is 15.8. The molecule has 22 heavy (non-hydrogen) atoms. The van der Waals surface area contributed by atoms with E-state index in [1.54, 1.807) is 17.4 Å². The molecule has 120 valence electrons. The monoisotopic (exact) mass is 339 g/mol. The van der Waals surface area contributed by atoms with E-state index in [1.807, 2.05) is 22.4 Å². The summed E-state index contributed by atoms with van der Waals surface area (Å²) in [6.07, 6.45) is 3.89. The standard InChI is InChI=1S/C16H21NO3S2/c1-2-7-17(12-13-4-3-8-21-13)15(18)14-11-16(14)5-9-22(19,20)10-6-16/h2-4,8,14H,1,5-7,9-12H2/t14-/m0/s1. The predicted molar refractivity (Wildman–Crippen MR) is 88.4 cm³/mol. The molecule has 2 fully saturated rings. The van der Waals surface area contributed by atoms with Gasteiger partial charge in [0.05, 0.1) is 18.1 Å². The van der Waals surface area contributed by atoms with E-state index in [-0.39, 0.29) is 28.7 Å². The van der Waals surface area contributed by atoms with Crippen LogP contribution in [0.5, 0.6) is 0 Å². The smallest absolute Gasteiger partial charge is 0.226 e. The minimum absolute atomic E-state index is 0.00270. The summed E-state index contributed by atoms with van der Waals surface area (Å²) < 4.78 is 23.2. The molecule has 1 aliphatic carbocycles. The predicted octanol–water partition coefficient (Wildman–Crippen LogP) is 2.48. The minimum Gasteiger partial charge on any atom is -0.334 e. The van der Waals surface area contributed by atoms with Crippen LogP contribution in [0.4, 0.5) is 0 Å². The van der Waals surface area contributed by atoms with Crippen LogP contribution in [0.25, 0.3) is 0 Å². The molecule has 0 aromatic carbocycles. The van der Waals surface area contributed by atoms with Crippen molar-refractivity contribution in [3.05, 3.63) is 35.0 Å². The normalized spacial score (nSPS) is 24.8. The van der Waals surface area contributed by atoms with Crippen molar-refractivity contribution in [2.75, 3.05) is 18.1 Å². The van der Waals surface area contributed by atoms with Crippen LogP contribution in [0, 0.1) is 11.3 Å². The lowest BCUT2D eigenvalue weighted by Crippen LogP contribution is -2.35. The van der Waals surface area contributed by atoms with Gasteiger partial charge < -0.3 is 4.90 Å². The number of rotatable bonds is 5. The number of sulfone groups is 1. The van der Waals surface area contributed by atoms with E-state index in [1.165, 1.54) is 0 Å². The highest BCUT2D eigenvalue weighted by molar-refractivity contribution is 7.91. The van der Waals surface area contributed by atoms with Crippen molar-refractivity contribution >= 4 is 27.1 Å². The molecular formula is C16H21NO3S2. The van der Waals surface area contributed by atoms with Gasteiger partial charge >= 0.3 is 0 Å². The van der Waals surface area contributed by atoms with Crippen molar-refractivity contribution in [3.8, 4) is 0 Å². The summed E-state index contributed by atoms with van der Waals surface area (Å²) in [5.41, 5.74) is -0.0444. The summed E-state index contributed by atoms with van der Waals surface area (Å²) in [6.45, 7) is 4.91. The Bertz CT molecular complexity index is 650. The van der Waals surface area contributed by atoms with Gasteiger partial charge in [0.2, 0.25) is 5.91 Å². The molecule has 1 aromatic heterocycles. The fraction of sp³-hybridized carbons (Fsp3) is 0.562. The lowest BCUT2D eigenvalue weighted by Gasteiger charge is -2.25. The zero-order valence-electron chi connectivity index (χ0n) is 12.5. The number of thiophene rings is 1. The van der Waals surface area contributed by atoms with Crippen LogP contribution in [0.3, 0.4) is 0 Å².